The van der Waals surface area contributed by atoms with Crippen LogP contribution in [0.3, 0.4) is 0 Å². The van der Waals surface area contributed by atoms with Crippen molar-refractivity contribution in [1.29, 1.82) is 0 Å². The van der Waals surface area contributed by atoms with Crippen molar-refractivity contribution >= 4 is 80.1 Å². The Balaban J connectivity index is 1.20. The molecule has 10 rings (SSSR count). The van der Waals surface area contributed by atoms with Crippen molar-refractivity contribution in [1.82, 2.24) is 0 Å². The van der Waals surface area contributed by atoms with E-state index in [1.54, 1.807) is 11.3 Å². The van der Waals surface area contributed by atoms with Crippen LogP contribution in [-0.4, -0.2) is 0 Å². The number of rotatable bonds is 6. The molecule has 0 aliphatic rings. The van der Waals surface area contributed by atoms with Gasteiger partial charge in [0.1, 0.15) is 0 Å². The molecule has 0 aliphatic carbocycles. The molecule has 0 radical (unpaired) electrons. The molecule has 0 saturated carbocycles. The third-order valence-electron chi connectivity index (χ3n) is 9.36. The first kappa shape index (κ1) is 23.4. The number of anilines is 3. The maximum Gasteiger partial charge on any atom is 0.0718 e. The van der Waals surface area contributed by atoms with Gasteiger partial charge >= 0.3 is 0 Å². The van der Waals surface area contributed by atoms with Gasteiger partial charge in [0.05, 0.1) is 20.0 Å². The molecule has 2 aromatic heterocycles. The van der Waals surface area contributed by atoms with Crippen LogP contribution >= 0.6 is 22.7 Å². The highest BCUT2D eigenvalue weighted by atomic mass is 32.1. The molecular formula is C48H31NS2. The highest BCUT2D eigenvalue weighted by Crippen LogP contribution is 2.50. The monoisotopic (exact) mass is 692 g/mol. The van der Waals surface area contributed by atoms with E-state index in [1.807, 2.05) is 48.5 Å². The lowest BCUT2D eigenvalue weighted by Gasteiger charge is -2.29. The second-order valence-corrected chi connectivity index (χ2v) is 14.4. The SMILES string of the molecule is [2H]c1c([2H])c([2H])c2c(sc3c([2H])c([2H])c(-c4ccc(N(c5ccc(-c6ccccc6)cc5)c5c(-c6ccccc6)ccc6c5sc5ccccc56)cc4)c([2H])c32)c1[2H]. The summed E-state index contributed by atoms with van der Waals surface area (Å²) in [7, 11) is 0. The fourth-order valence-electron chi connectivity index (χ4n) is 6.91. The minimum Gasteiger partial charge on any atom is -0.308 e. The number of benzene rings is 8. The third kappa shape index (κ3) is 5.21. The molecule has 0 fully saturated rings. The van der Waals surface area contributed by atoms with Crippen molar-refractivity contribution < 1.29 is 9.60 Å². The van der Waals surface area contributed by atoms with Gasteiger partial charge in [0, 0.05) is 52.6 Å². The van der Waals surface area contributed by atoms with Crippen LogP contribution in [0.4, 0.5) is 17.1 Å². The van der Waals surface area contributed by atoms with Crippen molar-refractivity contribution in [2.24, 2.45) is 0 Å². The molecule has 0 spiro atoms. The average Bonchev–Trinajstić information content (AvgIpc) is 3.86. The zero-order valence-corrected chi connectivity index (χ0v) is 28.8. The molecule has 0 atom stereocenters. The van der Waals surface area contributed by atoms with Crippen LogP contribution in [0.5, 0.6) is 0 Å². The van der Waals surface area contributed by atoms with Crippen molar-refractivity contribution in [3.05, 3.63) is 188 Å². The topological polar surface area (TPSA) is 3.24 Å². The molecule has 1 nitrogen and oxygen atoms in total. The van der Waals surface area contributed by atoms with Gasteiger partial charge in [-0.3, -0.25) is 0 Å². The van der Waals surface area contributed by atoms with Gasteiger partial charge in [0.2, 0.25) is 0 Å². The van der Waals surface area contributed by atoms with Gasteiger partial charge in [-0.1, -0.05) is 139 Å². The summed E-state index contributed by atoms with van der Waals surface area (Å²) in [4.78, 5) is 2.28. The van der Waals surface area contributed by atoms with Crippen LogP contribution in [0.15, 0.2) is 188 Å². The smallest absolute Gasteiger partial charge is 0.0718 e. The predicted molar refractivity (Wildman–Crippen MR) is 223 cm³/mol. The highest BCUT2D eigenvalue weighted by molar-refractivity contribution is 7.26. The van der Waals surface area contributed by atoms with Crippen LogP contribution in [0.25, 0.3) is 73.7 Å². The first-order valence-corrected chi connectivity index (χ1v) is 18.3. The molecule has 2 heterocycles. The van der Waals surface area contributed by atoms with Crippen molar-refractivity contribution in [3.8, 4) is 33.4 Å². The van der Waals surface area contributed by atoms with E-state index in [0.717, 1.165) is 60.7 Å². The maximum atomic E-state index is 9.41. The number of fused-ring (bicyclic) bond motifs is 6. The van der Waals surface area contributed by atoms with Gasteiger partial charge in [0.15, 0.2) is 0 Å². The van der Waals surface area contributed by atoms with Crippen LogP contribution in [0, 0.1) is 0 Å². The molecule has 8 aromatic carbocycles. The largest absolute Gasteiger partial charge is 0.308 e. The van der Waals surface area contributed by atoms with E-state index in [1.165, 1.54) is 10.1 Å². The fourth-order valence-corrected chi connectivity index (χ4v) is 9.07. The number of nitrogens with zero attached hydrogens (tertiary/aromatic N) is 1. The molecule has 3 heteroatoms. The van der Waals surface area contributed by atoms with Crippen molar-refractivity contribution in [3.63, 3.8) is 0 Å². The lowest BCUT2D eigenvalue weighted by Crippen LogP contribution is -2.11. The molecule has 10 aromatic rings. The Labute approximate surface area is 314 Å². The van der Waals surface area contributed by atoms with Crippen molar-refractivity contribution in [2.75, 3.05) is 4.90 Å². The number of thiophene rings is 2. The summed E-state index contributed by atoms with van der Waals surface area (Å²) in [5.74, 6) is 0. The lowest BCUT2D eigenvalue weighted by atomic mass is 9.98. The van der Waals surface area contributed by atoms with Gasteiger partial charge < -0.3 is 4.90 Å². The Kier molecular flexibility index (Phi) is 5.69. The number of hydrogen-bond acceptors (Lipinski definition) is 3. The second kappa shape index (κ2) is 12.4. The summed E-state index contributed by atoms with van der Waals surface area (Å²) < 4.78 is 64.3. The summed E-state index contributed by atoms with van der Waals surface area (Å²) in [6.07, 6.45) is 0. The molecule has 0 unspecified atom stereocenters. The summed E-state index contributed by atoms with van der Waals surface area (Å²) in [5, 5.41) is 2.85. The normalized spacial score (nSPS) is 13.5. The first-order chi connectivity index (χ1) is 28.2. The fraction of sp³-hybridized carbons (Fsp3) is 0. The van der Waals surface area contributed by atoms with E-state index in [4.69, 9.17) is 8.22 Å². The van der Waals surface area contributed by atoms with Crippen LogP contribution in [-0.2, 0) is 0 Å². The highest BCUT2D eigenvalue weighted by Gasteiger charge is 2.23. The quantitative estimate of drug-likeness (QED) is 0.168. The number of hydrogen-bond donors (Lipinski definition) is 0. The third-order valence-corrected chi connectivity index (χ3v) is 11.6. The summed E-state index contributed by atoms with van der Waals surface area (Å²) >= 11 is 2.81. The predicted octanol–water partition coefficient (Wildman–Crippen LogP) is 14.9. The Morgan fingerprint density at radius 2 is 1.00 bits per heavy atom. The Hall–Kier alpha value is -6.00. The summed E-state index contributed by atoms with van der Waals surface area (Å²) in [5.41, 5.74) is 8.01. The summed E-state index contributed by atoms with van der Waals surface area (Å²) in [6.45, 7) is 0. The van der Waals surface area contributed by atoms with E-state index in [9.17, 15) is 1.37 Å². The Morgan fingerprint density at radius 1 is 0.392 bits per heavy atom. The van der Waals surface area contributed by atoms with Crippen LogP contribution in [0.1, 0.15) is 9.60 Å². The van der Waals surface area contributed by atoms with E-state index in [0.29, 0.717) is 10.3 Å². The molecular weight excluding hydrogens is 655 g/mol. The Bertz CT molecular complexity index is 3230. The van der Waals surface area contributed by atoms with Crippen molar-refractivity contribution in [2.45, 2.75) is 0 Å². The first-order valence-electron chi connectivity index (χ1n) is 20.2. The molecule has 0 N–H and O–H groups in total. The second-order valence-electron chi connectivity index (χ2n) is 12.4. The van der Waals surface area contributed by atoms with Gasteiger partial charge in [0.25, 0.3) is 0 Å². The van der Waals surface area contributed by atoms with Gasteiger partial charge in [-0.05, 0) is 76.3 Å². The minimum absolute atomic E-state index is 0.0326. The Morgan fingerprint density at radius 3 is 1.75 bits per heavy atom. The van der Waals surface area contributed by atoms with E-state index in [2.05, 4.69) is 102 Å². The molecule has 0 bridgehead atoms. The minimum atomic E-state index is -0.385. The molecule has 0 aliphatic heterocycles. The van der Waals surface area contributed by atoms with E-state index < -0.39 is 0 Å². The van der Waals surface area contributed by atoms with Crippen LogP contribution < -0.4 is 4.90 Å². The summed E-state index contributed by atoms with van der Waals surface area (Å²) in [6, 6.07) is 48.5. The van der Waals surface area contributed by atoms with Gasteiger partial charge in [-0.15, -0.1) is 22.7 Å². The maximum absolute atomic E-state index is 9.41. The zero-order valence-electron chi connectivity index (χ0n) is 34.1. The average molecular weight is 693 g/mol. The molecule has 0 saturated heterocycles. The molecule has 240 valence electrons. The standard InChI is InChI=1S/C48H31NS2/c1-3-11-32(12-4-1)33-19-24-37(25-20-33)49(38-26-21-34(22-27-38)36-23-30-46-43(31-36)41-16-8-9-17-44(41)50-46)47-39(35-13-5-2-6-14-35)28-29-42-40-15-7-10-18-45(40)51-48(42)47/h1-31H/i8D,9D,16D,17D,23D,30D,31D. The molecule has 0 amide bonds. The van der Waals surface area contributed by atoms with E-state index >= 15 is 0 Å². The van der Waals surface area contributed by atoms with Gasteiger partial charge in [-0.2, -0.15) is 0 Å². The van der Waals surface area contributed by atoms with E-state index in [-0.39, 0.29) is 63.3 Å². The van der Waals surface area contributed by atoms with Crippen LogP contribution in [0.2, 0.25) is 0 Å². The molecule has 51 heavy (non-hydrogen) atoms. The zero-order chi connectivity index (χ0) is 39.8. The van der Waals surface area contributed by atoms with Gasteiger partial charge in [-0.25, -0.2) is 0 Å². The lowest BCUT2D eigenvalue weighted by molar-refractivity contribution is 1.30.